The van der Waals surface area contributed by atoms with E-state index in [1.807, 2.05) is 27.7 Å². The third-order valence-corrected chi connectivity index (χ3v) is 5.79. The lowest BCUT2D eigenvalue weighted by molar-refractivity contribution is 0.0434. The maximum Gasteiger partial charge on any atom is 0.407 e. The number of nitrogens with one attached hydrogen (secondary N) is 1. The molecule has 9 heteroatoms. The molecule has 3 rings (SSSR count). The van der Waals surface area contributed by atoms with Crippen molar-refractivity contribution in [3.8, 4) is 0 Å². The topological polar surface area (TPSA) is 93.7 Å². The fourth-order valence-corrected chi connectivity index (χ4v) is 4.31. The highest BCUT2D eigenvalue weighted by molar-refractivity contribution is 6.28. The molecule has 1 amide bonds. The zero-order valence-corrected chi connectivity index (χ0v) is 18.4. The third kappa shape index (κ3) is 4.80. The number of halogens is 1. The molecule has 160 valence electrons. The van der Waals surface area contributed by atoms with Crippen LogP contribution in [0.2, 0.25) is 5.28 Å². The molecule has 2 fully saturated rings. The van der Waals surface area contributed by atoms with Crippen LogP contribution in [0.1, 0.15) is 57.9 Å². The molecule has 2 aliphatic heterocycles. The maximum absolute atomic E-state index is 12.4. The average molecular weight is 425 g/mol. The van der Waals surface area contributed by atoms with Crippen LogP contribution in [-0.2, 0) is 9.47 Å². The lowest BCUT2D eigenvalue weighted by atomic mass is 9.73. The van der Waals surface area contributed by atoms with Crippen molar-refractivity contribution in [1.29, 1.82) is 0 Å². The van der Waals surface area contributed by atoms with Crippen molar-refractivity contribution in [3.05, 3.63) is 17.2 Å². The van der Waals surface area contributed by atoms with Gasteiger partial charge >= 0.3 is 6.09 Å². The van der Waals surface area contributed by atoms with Crippen molar-refractivity contribution in [2.75, 3.05) is 24.6 Å². The number of anilines is 1. The number of carbonyl (C=O) groups excluding carboxylic acids is 2. The maximum atomic E-state index is 12.4. The molecule has 2 saturated heterocycles. The second-order valence-electron chi connectivity index (χ2n) is 8.92. The van der Waals surface area contributed by atoms with E-state index in [1.54, 1.807) is 6.20 Å². The molecule has 29 heavy (non-hydrogen) atoms. The molecule has 1 spiro atoms. The second kappa shape index (κ2) is 8.07. The number of piperidine rings is 1. The van der Waals surface area contributed by atoms with Gasteiger partial charge in [0.1, 0.15) is 11.3 Å². The van der Waals surface area contributed by atoms with Gasteiger partial charge in [-0.25, -0.2) is 14.8 Å². The van der Waals surface area contributed by atoms with Crippen LogP contribution >= 0.6 is 11.6 Å². The van der Waals surface area contributed by atoms with E-state index in [9.17, 15) is 9.59 Å². The van der Waals surface area contributed by atoms with Gasteiger partial charge in [0.25, 0.3) is 0 Å². The van der Waals surface area contributed by atoms with Gasteiger partial charge < -0.3 is 19.7 Å². The minimum Gasteiger partial charge on any atom is -0.444 e. The Bertz CT molecular complexity index is 787. The Morgan fingerprint density at radius 3 is 2.59 bits per heavy atom. The Hall–Kier alpha value is -1.93. The van der Waals surface area contributed by atoms with Crippen LogP contribution in [0.25, 0.3) is 0 Å². The van der Waals surface area contributed by atoms with Crippen LogP contribution in [0.15, 0.2) is 6.20 Å². The number of amides is 1. The number of rotatable bonds is 3. The molecule has 3 heterocycles. The van der Waals surface area contributed by atoms with E-state index in [1.165, 1.54) is 6.92 Å². The van der Waals surface area contributed by atoms with Gasteiger partial charge in [-0.1, -0.05) is 0 Å². The van der Waals surface area contributed by atoms with Gasteiger partial charge in [0, 0.05) is 25.4 Å². The smallest absolute Gasteiger partial charge is 0.407 e. The van der Waals surface area contributed by atoms with E-state index in [0.717, 1.165) is 12.8 Å². The molecule has 0 radical (unpaired) electrons. The number of carbonyl (C=O) groups is 2. The highest BCUT2D eigenvalue weighted by Crippen LogP contribution is 2.43. The number of hydrogen-bond acceptors (Lipinski definition) is 7. The minimum atomic E-state index is -0.555. The minimum absolute atomic E-state index is 0.0621. The molecular weight excluding hydrogens is 396 g/mol. The van der Waals surface area contributed by atoms with Gasteiger partial charge in [0.05, 0.1) is 30.6 Å². The van der Waals surface area contributed by atoms with Gasteiger partial charge in [-0.05, 0) is 52.1 Å². The fraction of sp³-hybridized carbons (Fsp3) is 0.700. The molecule has 1 N–H and O–H groups in total. The summed E-state index contributed by atoms with van der Waals surface area (Å²) in [6, 6.07) is -0.131. The van der Waals surface area contributed by atoms with Crippen molar-refractivity contribution >= 4 is 29.2 Å². The summed E-state index contributed by atoms with van der Waals surface area (Å²) in [5.74, 6) is -0.146. The van der Waals surface area contributed by atoms with Crippen LogP contribution in [0, 0.1) is 5.41 Å². The summed E-state index contributed by atoms with van der Waals surface area (Å²) in [5, 5.41) is 3.10. The van der Waals surface area contributed by atoms with E-state index in [-0.39, 0.29) is 28.6 Å². The molecule has 0 unspecified atom stereocenters. The summed E-state index contributed by atoms with van der Waals surface area (Å²) in [6.07, 6.45) is 2.69. The number of Topliss-reactive ketones (excluding diaryl/α,β-unsaturated/α-hetero) is 1. The summed E-state index contributed by atoms with van der Waals surface area (Å²) in [6.45, 7) is 11.0. The first-order chi connectivity index (χ1) is 13.5. The van der Waals surface area contributed by atoms with Crippen LogP contribution in [0.5, 0.6) is 0 Å². The van der Waals surface area contributed by atoms with Crippen molar-refractivity contribution in [2.24, 2.45) is 5.41 Å². The quantitative estimate of drug-likeness (QED) is 0.588. The standard InChI is InChI=1S/C20H29ClN4O4/c1-12(26)15-14(10-22-17(21)23-15)25-8-6-20(7-9-25)11-28-13(2)16(20)24-18(27)29-19(3,4)5/h10,13,16H,6-9,11H2,1-5H3,(H,24,27)/t13-,16+/m0/s1. The van der Waals surface area contributed by atoms with E-state index >= 15 is 0 Å². The number of nitrogens with zero attached hydrogens (tertiary/aromatic N) is 3. The molecule has 0 saturated carbocycles. The van der Waals surface area contributed by atoms with Crippen LogP contribution in [-0.4, -0.2) is 59.3 Å². The second-order valence-corrected chi connectivity index (χ2v) is 9.26. The van der Waals surface area contributed by atoms with Gasteiger partial charge in [-0.15, -0.1) is 0 Å². The average Bonchev–Trinajstić information content (AvgIpc) is 2.90. The number of ketones is 1. The summed E-state index contributed by atoms with van der Waals surface area (Å²) < 4.78 is 11.4. The number of aromatic nitrogens is 2. The molecule has 0 bridgehead atoms. The molecule has 2 atom stereocenters. The molecule has 1 aromatic rings. The van der Waals surface area contributed by atoms with Gasteiger partial charge in [0.15, 0.2) is 5.78 Å². The largest absolute Gasteiger partial charge is 0.444 e. The summed E-state index contributed by atoms with van der Waals surface area (Å²) in [7, 11) is 0. The molecule has 8 nitrogen and oxygen atoms in total. The van der Waals surface area contributed by atoms with Gasteiger partial charge in [0.2, 0.25) is 5.28 Å². The van der Waals surface area contributed by atoms with Crippen molar-refractivity contribution in [1.82, 2.24) is 15.3 Å². The first-order valence-corrected chi connectivity index (χ1v) is 10.3. The highest BCUT2D eigenvalue weighted by Gasteiger charge is 2.50. The Morgan fingerprint density at radius 1 is 1.34 bits per heavy atom. The fourth-order valence-electron chi connectivity index (χ4n) is 4.18. The highest BCUT2D eigenvalue weighted by atomic mass is 35.5. The van der Waals surface area contributed by atoms with E-state index in [0.29, 0.717) is 31.1 Å². The molecule has 0 aliphatic carbocycles. The van der Waals surface area contributed by atoms with E-state index in [4.69, 9.17) is 21.1 Å². The summed E-state index contributed by atoms with van der Waals surface area (Å²) in [4.78, 5) is 34.6. The van der Waals surface area contributed by atoms with Crippen LogP contribution < -0.4 is 10.2 Å². The number of hydrogen-bond donors (Lipinski definition) is 1. The van der Waals surface area contributed by atoms with Gasteiger partial charge in [-0.2, -0.15) is 0 Å². The van der Waals surface area contributed by atoms with E-state index < -0.39 is 11.7 Å². The third-order valence-electron chi connectivity index (χ3n) is 5.61. The van der Waals surface area contributed by atoms with Crippen LogP contribution in [0.3, 0.4) is 0 Å². The predicted molar refractivity (Wildman–Crippen MR) is 109 cm³/mol. The lowest BCUT2D eigenvalue weighted by Gasteiger charge is -2.43. The number of ether oxygens (including phenoxy) is 2. The first kappa shape index (κ1) is 21.8. The summed E-state index contributed by atoms with van der Waals surface area (Å²) >= 11 is 5.87. The molecule has 2 aliphatic rings. The first-order valence-electron chi connectivity index (χ1n) is 9.90. The number of alkyl carbamates (subject to hydrolysis) is 1. The zero-order valence-electron chi connectivity index (χ0n) is 17.6. The normalized spacial score (nSPS) is 23.9. The SMILES string of the molecule is CC(=O)c1nc(Cl)ncc1N1CCC2(CC1)CO[C@@H](C)[C@H]2NC(=O)OC(C)(C)C. The van der Waals surface area contributed by atoms with Crippen molar-refractivity contribution in [2.45, 2.75) is 65.2 Å². The van der Waals surface area contributed by atoms with Crippen molar-refractivity contribution < 1.29 is 19.1 Å². The summed E-state index contributed by atoms with van der Waals surface area (Å²) in [5.41, 5.74) is 0.304. The molecular formula is C20H29ClN4O4. The van der Waals surface area contributed by atoms with Crippen LogP contribution in [0.4, 0.5) is 10.5 Å². The Labute approximate surface area is 176 Å². The lowest BCUT2D eigenvalue weighted by Crippen LogP contribution is -2.55. The Morgan fingerprint density at radius 2 is 2.00 bits per heavy atom. The Balaban J connectivity index is 1.73. The monoisotopic (exact) mass is 424 g/mol. The van der Waals surface area contributed by atoms with E-state index in [2.05, 4.69) is 20.2 Å². The Kier molecular flexibility index (Phi) is 6.06. The predicted octanol–water partition coefficient (Wildman–Crippen LogP) is 3.23. The molecule has 1 aromatic heterocycles. The zero-order chi connectivity index (χ0) is 21.4. The molecule has 0 aromatic carbocycles. The van der Waals surface area contributed by atoms with Crippen molar-refractivity contribution in [3.63, 3.8) is 0 Å². The van der Waals surface area contributed by atoms with Gasteiger partial charge in [-0.3, -0.25) is 4.79 Å².